The summed E-state index contributed by atoms with van der Waals surface area (Å²) < 4.78 is 0. The van der Waals surface area contributed by atoms with Crippen LogP contribution in [-0.4, -0.2) is 0 Å². The quantitative estimate of drug-likeness (QED) is 0.165. The van der Waals surface area contributed by atoms with Crippen molar-refractivity contribution in [2.45, 2.75) is 94.3 Å². The van der Waals surface area contributed by atoms with Crippen molar-refractivity contribution in [3.8, 4) is 33.4 Å². The molecule has 65 heavy (non-hydrogen) atoms. The molecule has 2 nitrogen and oxygen atoms in total. The van der Waals surface area contributed by atoms with Gasteiger partial charge in [0.2, 0.25) is 0 Å². The molecular formula is C63H56N2. The fraction of sp³-hybridized carbons (Fsp3) is 0.238. The van der Waals surface area contributed by atoms with Gasteiger partial charge in [0.1, 0.15) is 0 Å². The van der Waals surface area contributed by atoms with Gasteiger partial charge in [-0.25, -0.2) is 0 Å². The van der Waals surface area contributed by atoms with Crippen LogP contribution in [0.15, 0.2) is 182 Å². The molecule has 8 aromatic rings. The van der Waals surface area contributed by atoms with Crippen LogP contribution in [0.4, 0.5) is 34.1 Å². The molecule has 2 fully saturated rings. The maximum atomic E-state index is 2.55. The standard InChI is InChI=1S/C63H56N2/c1-61(2)57-39-45(64(43-19-7-3-8-20-43)47-29-33-53-49-23-11-13-25-55(49)62(59(53)41-47)35-15-5-16-36-62)27-31-51(57)52-32-28-46(40-58(52)61)65(44-21-9-4-10-22-44)48-30-34-54-50-24-12-14-26-56(50)63(60(54)42-48)37-17-6-18-38-63/h3-4,7-14,19-34,39-42H,5-6,15-18,35-38H2,1-2H3. The van der Waals surface area contributed by atoms with E-state index >= 15 is 0 Å². The normalized spacial score (nSPS) is 17.4. The van der Waals surface area contributed by atoms with Gasteiger partial charge in [0, 0.05) is 50.4 Å². The zero-order valence-corrected chi connectivity index (χ0v) is 37.8. The first kappa shape index (κ1) is 38.8. The molecule has 318 valence electrons. The van der Waals surface area contributed by atoms with Crippen LogP contribution in [0.1, 0.15) is 111 Å². The van der Waals surface area contributed by atoms with Crippen LogP contribution >= 0.6 is 0 Å². The number of fused-ring (bicyclic) bond motifs is 13. The highest BCUT2D eigenvalue weighted by Gasteiger charge is 2.46. The molecule has 0 aromatic heterocycles. The number of hydrogen-bond donors (Lipinski definition) is 0. The van der Waals surface area contributed by atoms with Crippen molar-refractivity contribution in [2.24, 2.45) is 0 Å². The van der Waals surface area contributed by atoms with E-state index in [1.54, 1.807) is 0 Å². The SMILES string of the molecule is CC1(C)c2cc(N(c3ccccc3)c3ccc4c(c3)C3(CCCCC3)c3ccccc3-4)ccc2-c2ccc(N(c3ccccc3)c3ccc4c(c3)C3(CCCCC3)c3ccccc3-4)cc21. The third kappa shape index (κ3) is 5.72. The summed E-state index contributed by atoms with van der Waals surface area (Å²) >= 11 is 0. The Morgan fingerprint density at radius 1 is 0.277 bits per heavy atom. The molecule has 13 rings (SSSR count). The van der Waals surface area contributed by atoms with Crippen molar-refractivity contribution in [1.29, 1.82) is 0 Å². The van der Waals surface area contributed by atoms with Gasteiger partial charge in [-0.05, 0) is 165 Å². The number of rotatable bonds is 6. The van der Waals surface area contributed by atoms with Crippen LogP contribution in [0.3, 0.4) is 0 Å². The first-order chi connectivity index (χ1) is 31.9. The minimum Gasteiger partial charge on any atom is -0.310 e. The summed E-state index contributed by atoms with van der Waals surface area (Å²) in [6.45, 7) is 4.87. The summed E-state index contributed by atoms with van der Waals surface area (Å²) in [5.41, 5.74) is 24.4. The third-order valence-electron chi connectivity index (χ3n) is 16.6. The largest absolute Gasteiger partial charge is 0.310 e. The molecule has 2 heteroatoms. The molecule has 0 amide bonds. The van der Waals surface area contributed by atoms with E-state index in [0.717, 1.165) is 0 Å². The fourth-order valence-electron chi connectivity index (χ4n) is 13.6. The van der Waals surface area contributed by atoms with Gasteiger partial charge in [-0.3, -0.25) is 0 Å². The molecule has 5 aliphatic rings. The summed E-state index contributed by atoms with van der Waals surface area (Å²) in [4.78, 5) is 5.01. The number of nitrogens with zero attached hydrogens (tertiary/aromatic N) is 2. The molecular weight excluding hydrogens is 785 g/mol. The van der Waals surface area contributed by atoms with Gasteiger partial charge in [-0.1, -0.05) is 162 Å². The van der Waals surface area contributed by atoms with Crippen LogP contribution in [0.25, 0.3) is 33.4 Å². The van der Waals surface area contributed by atoms with Crippen molar-refractivity contribution in [3.05, 3.63) is 215 Å². The third-order valence-corrected chi connectivity index (χ3v) is 16.6. The van der Waals surface area contributed by atoms with Crippen LogP contribution < -0.4 is 9.80 Å². The van der Waals surface area contributed by atoms with E-state index in [9.17, 15) is 0 Å². The molecule has 2 spiro atoms. The van der Waals surface area contributed by atoms with Gasteiger partial charge in [0.15, 0.2) is 0 Å². The van der Waals surface area contributed by atoms with Gasteiger partial charge in [-0.15, -0.1) is 0 Å². The Balaban J connectivity index is 0.909. The van der Waals surface area contributed by atoms with Crippen LogP contribution in [0.2, 0.25) is 0 Å². The average molecular weight is 841 g/mol. The summed E-state index contributed by atoms with van der Waals surface area (Å²) in [6.07, 6.45) is 12.7. The number of anilines is 6. The van der Waals surface area contributed by atoms with Crippen LogP contribution in [0, 0.1) is 0 Å². The molecule has 5 aliphatic carbocycles. The topological polar surface area (TPSA) is 6.48 Å². The molecule has 0 atom stereocenters. The Morgan fingerprint density at radius 2 is 0.585 bits per heavy atom. The van der Waals surface area contributed by atoms with Crippen molar-refractivity contribution >= 4 is 34.1 Å². The molecule has 2 saturated carbocycles. The summed E-state index contributed by atoms with van der Waals surface area (Å²) in [6, 6.07) is 69.7. The van der Waals surface area contributed by atoms with Crippen molar-refractivity contribution in [3.63, 3.8) is 0 Å². The van der Waals surface area contributed by atoms with E-state index in [0.29, 0.717) is 0 Å². The minimum atomic E-state index is -0.223. The maximum absolute atomic E-state index is 2.55. The van der Waals surface area contributed by atoms with Crippen molar-refractivity contribution < 1.29 is 0 Å². The lowest BCUT2D eigenvalue weighted by Crippen LogP contribution is -2.28. The monoisotopic (exact) mass is 840 g/mol. The number of hydrogen-bond acceptors (Lipinski definition) is 2. The molecule has 0 N–H and O–H groups in total. The zero-order chi connectivity index (χ0) is 43.3. The van der Waals surface area contributed by atoms with Gasteiger partial charge in [0.05, 0.1) is 0 Å². The number of benzene rings is 8. The van der Waals surface area contributed by atoms with E-state index in [1.807, 2.05) is 0 Å². The molecule has 0 saturated heterocycles. The highest BCUT2D eigenvalue weighted by atomic mass is 15.1. The highest BCUT2D eigenvalue weighted by Crippen LogP contribution is 2.59. The van der Waals surface area contributed by atoms with Crippen molar-refractivity contribution in [1.82, 2.24) is 0 Å². The Morgan fingerprint density at radius 3 is 0.969 bits per heavy atom. The lowest BCUT2D eigenvalue weighted by molar-refractivity contribution is 0.353. The molecule has 0 aliphatic heterocycles. The first-order valence-corrected chi connectivity index (χ1v) is 24.4. The zero-order valence-electron chi connectivity index (χ0n) is 37.8. The fourth-order valence-corrected chi connectivity index (χ4v) is 13.6. The van der Waals surface area contributed by atoms with Crippen LogP contribution in [0.5, 0.6) is 0 Å². The lowest BCUT2D eigenvalue weighted by Gasteiger charge is -2.36. The van der Waals surface area contributed by atoms with Gasteiger partial charge < -0.3 is 9.80 Å². The Bertz CT molecular complexity index is 2930. The molecule has 0 radical (unpaired) electrons. The molecule has 0 heterocycles. The minimum absolute atomic E-state index is 0.0948. The smallest absolute Gasteiger partial charge is 0.0465 e. The Hall–Kier alpha value is -6.64. The van der Waals surface area contributed by atoms with E-state index < -0.39 is 0 Å². The summed E-state index contributed by atoms with van der Waals surface area (Å²) in [5, 5.41) is 0. The average Bonchev–Trinajstić information content (AvgIpc) is 3.87. The maximum Gasteiger partial charge on any atom is 0.0465 e. The second kappa shape index (κ2) is 14.7. The Kier molecular flexibility index (Phi) is 8.77. The second-order valence-corrected chi connectivity index (χ2v) is 20.3. The lowest BCUT2D eigenvalue weighted by atomic mass is 9.68. The summed E-state index contributed by atoms with van der Waals surface area (Å²) in [5.74, 6) is 0. The van der Waals surface area contributed by atoms with Crippen molar-refractivity contribution in [2.75, 3.05) is 9.80 Å². The summed E-state index contributed by atoms with van der Waals surface area (Å²) in [7, 11) is 0. The van der Waals surface area contributed by atoms with E-state index in [4.69, 9.17) is 0 Å². The highest BCUT2D eigenvalue weighted by molar-refractivity contribution is 5.91. The predicted molar refractivity (Wildman–Crippen MR) is 272 cm³/mol. The molecule has 8 aromatic carbocycles. The van der Waals surface area contributed by atoms with E-state index in [2.05, 4.69) is 206 Å². The van der Waals surface area contributed by atoms with Gasteiger partial charge in [0.25, 0.3) is 0 Å². The predicted octanol–water partition coefficient (Wildman–Crippen LogP) is 17.4. The van der Waals surface area contributed by atoms with Gasteiger partial charge in [-0.2, -0.15) is 0 Å². The van der Waals surface area contributed by atoms with Gasteiger partial charge >= 0.3 is 0 Å². The molecule has 0 unspecified atom stereocenters. The van der Waals surface area contributed by atoms with E-state index in [-0.39, 0.29) is 16.2 Å². The molecule has 0 bridgehead atoms. The second-order valence-electron chi connectivity index (χ2n) is 20.3. The van der Waals surface area contributed by atoms with Crippen LogP contribution in [-0.2, 0) is 16.2 Å². The first-order valence-electron chi connectivity index (χ1n) is 24.4. The Labute approximate surface area is 385 Å². The number of para-hydroxylation sites is 2. The van der Waals surface area contributed by atoms with E-state index in [1.165, 1.54) is 165 Å².